The van der Waals surface area contributed by atoms with Crippen molar-refractivity contribution in [1.29, 1.82) is 5.26 Å². The van der Waals surface area contributed by atoms with Gasteiger partial charge in [0.15, 0.2) is 5.75 Å². The number of rotatable bonds is 4. The maximum absolute atomic E-state index is 13.1. The SMILES string of the molecule is CCN(CC)c1ccc2c3c(c(=O)oc2c1)[C@H](c1ccc(Cl)cc1)C(C#N)=C(N)O3. The predicted octanol–water partition coefficient (Wildman–Crippen LogP) is 4.51. The van der Waals surface area contributed by atoms with E-state index in [9.17, 15) is 10.1 Å². The number of ether oxygens (including phenoxy) is 1. The van der Waals surface area contributed by atoms with Gasteiger partial charge in [-0.2, -0.15) is 5.26 Å². The van der Waals surface area contributed by atoms with Gasteiger partial charge < -0.3 is 19.8 Å². The van der Waals surface area contributed by atoms with Crippen LogP contribution >= 0.6 is 11.6 Å². The summed E-state index contributed by atoms with van der Waals surface area (Å²) in [6, 6.07) is 14.7. The molecule has 1 aliphatic heterocycles. The number of allylic oxidation sites excluding steroid dienone is 1. The number of hydrogen-bond donors (Lipinski definition) is 1. The zero-order chi connectivity index (χ0) is 21.4. The zero-order valence-corrected chi connectivity index (χ0v) is 17.4. The first-order valence-electron chi connectivity index (χ1n) is 9.67. The highest BCUT2D eigenvalue weighted by molar-refractivity contribution is 6.30. The minimum Gasteiger partial charge on any atom is -0.439 e. The van der Waals surface area contributed by atoms with Gasteiger partial charge in [0.25, 0.3) is 0 Å². The molecule has 0 saturated carbocycles. The zero-order valence-electron chi connectivity index (χ0n) is 16.6. The third-order valence-corrected chi connectivity index (χ3v) is 5.64. The van der Waals surface area contributed by atoms with Crippen LogP contribution in [0.25, 0.3) is 11.0 Å². The number of fused-ring (bicyclic) bond motifs is 3. The van der Waals surface area contributed by atoms with Gasteiger partial charge in [0.2, 0.25) is 5.88 Å². The summed E-state index contributed by atoms with van der Waals surface area (Å²) in [6.45, 7) is 5.78. The monoisotopic (exact) mass is 421 g/mol. The maximum Gasteiger partial charge on any atom is 0.344 e. The summed E-state index contributed by atoms with van der Waals surface area (Å²) in [4.78, 5) is 15.2. The van der Waals surface area contributed by atoms with Gasteiger partial charge in [0, 0.05) is 29.9 Å². The molecule has 7 heteroatoms. The van der Waals surface area contributed by atoms with Crippen molar-refractivity contribution in [3.05, 3.63) is 80.5 Å². The van der Waals surface area contributed by atoms with E-state index < -0.39 is 11.5 Å². The summed E-state index contributed by atoms with van der Waals surface area (Å²) in [5.74, 6) is -0.396. The highest BCUT2D eigenvalue weighted by Gasteiger charge is 2.35. The number of nitrogens with two attached hydrogens (primary N) is 1. The molecule has 2 N–H and O–H groups in total. The molecular weight excluding hydrogens is 402 g/mol. The smallest absolute Gasteiger partial charge is 0.344 e. The fourth-order valence-corrected chi connectivity index (χ4v) is 4.01. The van der Waals surface area contributed by atoms with Gasteiger partial charge in [0.1, 0.15) is 17.2 Å². The Bertz CT molecular complexity index is 1250. The van der Waals surface area contributed by atoms with E-state index in [4.69, 9.17) is 26.5 Å². The molecule has 0 bridgehead atoms. The van der Waals surface area contributed by atoms with Gasteiger partial charge in [-0.25, -0.2) is 4.79 Å². The molecule has 4 rings (SSSR count). The van der Waals surface area contributed by atoms with Crippen molar-refractivity contribution in [1.82, 2.24) is 0 Å². The Hall–Kier alpha value is -3.43. The van der Waals surface area contributed by atoms with E-state index in [1.54, 1.807) is 24.3 Å². The number of anilines is 1. The summed E-state index contributed by atoms with van der Waals surface area (Å²) in [6.07, 6.45) is 0. The highest BCUT2D eigenvalue weighted by atomic mass is 35.5. The van der Waals surface area contributed by atoms with E-state index in [1.165, 1.54) is 0 Å². The number of nitrogens with zero attached hydrogens (tertiary/aromatic N) is 2. The van der Waals surface area contributed by atoms with E-state index in [-0.39, 0.29) is 17.0 Å². The summed E-state index contributed by atoms with van der Waals surface area (Å²) < 4.78 is 11.5. The Balaban J connectivity index is 1.97. The van der Waals surface area contributed by atoms with Crippen molar-refractivity contribution >= 4 is 28.3 Å². The van der Waals surface area contributed by atoms with Crippen molar-refractivity contribution in [3.63, 3.8) is 0 Å². The van der Waals surface area contributed by atoms with Crippen molar-refractivity contribution < 1.29 is 9.15 Å². The topological polar surface area (TPSA) is 92.5 Å². The lowest BCUT2D eigenvalue weighted by Gasteiger charge is -2.26. The molecule has 3 aromatic rings. The highest BCUT2D eigenvalue weighted by Crippen LogP contribution is 2.44. The minimum absolute atomic E-state index is 0.0235. The fourth-order valence-electron chi connectivity index (χ4n) is 3.88. The summed E-state index contributed by atoms with van der Waals surface area (Å²) in [5, 5.41) is 10.9. The molecule has 0 aliphatic carbocycles. The molecule has 1 atom stereocenters. The Labute approximate surface area is 178 Å². The number of hydrogen-bond acceptors (Lipinski definition) is 6. The van der Waals surface area contributed by atoms with Gasteiger partial charge in [-0.05, 0) is 43.7 Å². The second-order valence-corrected chi connectivity index (χ2v) is 7.40. The third-order valence-electron chi connectivity index (χ3n) is 5.38. The van der Waals surface area contributed by atoms with Crippen LogP contribution in [0.15, 0.2) is 63.1 Å². The largest absolute Gasteiger partial charge is 0.439 e. The Morgan fingerprint density at radius 1 is 1.17 bits per heavy atom. The molecule has 1 aliphatic rings. The van der Waals surface area contributed by atoms with Crippen LogP contribution in [-0.4, -0.2) is 13.1 Å². The molecule has 0 unspecified atom stereocenters. The second kappa shape index (κ2) is 7.77. The molecule has 0 amide bonds. The van der Waals surface area contributed by atoms with E-state index in [1.807, 2.05) is 18.2 Å². The van der Waals surface area contributed by atoms with E-state index in [0.717, 1.165) is 18.8 Å². The van der Waals surface area contributed by atoms with Gasteiger partial charge in [-0.3, -0.25) is 0 Å². The average Bonchev–Trinajstić information content (AvgIpc) is 2.74. The van der Waals surface area contributed by atoms with Crippen molar-refractivity contribution in [2.75, 3.05) is 18.0 Å². The molecule has 2 heterocycles. The Morgan fingerprint density at radius 2 is 1.87 bits per heavy atom. The van der Waals surface area contributed by atoms with Crippen molar-refractivity contribution in [2.45, 2.75) is 19.8 Å². The molecule has 0 spiro atoms. The van der Waals surface area contributed by atoms with Crippen LogP contribution in [0.3, 0.4) is 0 Å². The van der Waals surface area contributed by atoms with E-state index in [0.29, 0.717) is 27.3 Å². The van der Waals surface area contributed by atoms with Crippen LogP contribution in [0.4, 0.5) is 5.69 Å². The standard InChI is InChI=1S/C23H20ClN3O3/c1-3-27(4-2)15-9-10-16-18(11-15)29-23(28)20-19(13-5-7-14(24)8-6-13)17(12-25)22(26)30-21(16)20/h5-11,19H,3-4,26H2,1-2H3/t19-/m1/s1. The second-order valence-electron chi connectivity index (χ2n) is 6.96. The third kappa shape index (κ3) is 3.17. The van der Waals surface area contributed by atoms with Crippen molar-refractivity contribution in [2.24, 2.45) is 5.73 Å². The van der Waals surface area contributed by atoms with Gasteiger partial charge in [-0.1, -0.05) is 23.7 Å². The van der Waals surface area contributed by atoms with Crippen LogP contribution in [0.5, 0.6) is 5.75 Å². The first-order chi connectivity index (χ1) is 14.5. The van der Waals surface area contributed by atoms with Crippen LogP contribution in [0.2, 0.25) is 5.02 Å². The lowest BCUT2D eigenvalue weighted by molar-refractivity contribution is 0.388. The fraction of sp³-hybridized carbons (Fsp3) is 0.217. The first kappa shape index (κ1) is 19.9. The normalized spacial score (nSPS) is 15.5. The molecule has 2 aromatic carbocycles. The predicted molar refractivity (Wildman–Crippen MR) is 117 cm³/mol. The molecule has 6 nitrogen and oxygen atoms in total. The lowest BCUT2D eigenvalue weighted by Crippen LogP contribution is -2.26. The summed E-state index contributed by atoms with van der Waals surface area (Å²) in [5.41, 5.74) is 8.01. The molecule has 152 valence electrons. The van der Waals surface area contributed by atoms with Crippen LogP contribution in [0, 0.1) is 11.3 Å². The molecule has 1 aromatic heterocycles. The molecule has 0 radical (unpaired) electrons. The van der Waals surface area contributed by atoms with Crippen LogP contribution in [-0.2, 0) is 0 Å². The van der Waals surface area contributed by atoms with Gasteiger partial charge >= 0.3 is 5.63 Å². The molecule has 0 saturated heterocycles. The molecule has 30 heavy (non-hydrogen) atoms. The quantitative estimate of drug-likeness (QED) is 0.623. The Kier molecular flexibility index (Phi) is 5.15. The lowest BCUT2D eigenvalue weighted by atomic mass is 9.84. The van der Waals surface area contributed by atoms with Crippen LogP contribution in [0.1, 0.15) is 30.9 Å². The number of benzene rings is 2. The molecule has 0 fully saturated rings. The average molecular weight is 422 g/mol. The van der Waals surface area contributed by atoms with Gasteiger partial charge in [-0.15, -0.1) is 0 Å². The number of nitriles is 1. The maximum atomic E-state index is 13.1. The van der Waals surface area contributed by atoms with Gasteiger partial charge in [0.05, 0.1) is 16.9 Å². The van der Waals surface area contributed by atoms with E-state index in [2.05, 4.69) is 24.8 Å². The number of halogens is 1. The summed E-state index contributed by atoms with van der Waals surface area (Å²) >= 11 is 6.01. The summed E-state index contributed by atoms with van der Waals surface area (Å²) in [7, 11) is 0. The van der Waals surface area contributed by atoms with Crippen molar-refractivity contribution in [3.8, 4) is 11.8 Å². The van der Waals surface area contributed by atoms with Crippen LogP contribution < -0.4 is 21.0 Å². The minimum atomic E-state index is -0.695. The first-order valence-corrected chi connectivity index (χ1v) is 10.0. The Morgan fingerprint density at radius 3 is 2.50 bits per heavy atom. The van der Waals surface area contributed by atoms with E-state index >= 15 is 0 Å². The molecular formula is C23H20ClN3O3.